The number of aryl methyl sites for hydroxylation is 1. The molecule has 0 N–H and O–H groups in total. The molecule has 1 aliphatic rings. The number of thiazole rings is 1. The van der Waals surface area contributed by atoms with Crippen molar-refractivity contribution in [3.63, 3.8) is 0 Å². The fourth-order valence-corrected chi connectivity index (χ4v) is 5.34. The molecule has 0 bridgehead atoms. The van der Waals surface area contributed by atoms with E-state index < -0.39 is 5.25 Å². The van der Waals surface area contributed by atoms with Crippen LogP contribution in [0, 0.1) is 6.92 Å². The average Bonchev–Trinajstić information content (AvgIpc) is 3.16. The van der Waals surface area contributed by atoms with Crippen LogP contribution in [0.5, 0.6) is 5.75 Å². The lowest BCUT2D eigenvalue weighted by atomic mass is 10.2. The van der Waals surface area contributed by atoms with Crippen LogP contribution < -0.4 is 9.64 Å². The molecule has 2 amide bonds. The quantitative estimate of drug-likeness (QED) is 0.595. The predicted molar refractivity (Wildman–Crippen MR) is 109 cm³/mol. The van der Waals surface area contributed by atoms with Crippen LogP contribution in [0.1, 0.15) is 18.9 Å². The van der Waals surface area contributed by atoms with E-state index in [4.69, 9.17) is 4.74 Å². The van der Waals surface area contributed by atoms with Gasteiger partial charge >= 0.3 is 0 Å². The van der Waals surface area contributed by atoms with Gasteiger partial charge in [0.05, 0.1) is 22.5 Å². The molecule has 0 unspecified atom stereocenters. The van der Waals surface area contributed by atoms with Gasteiger partial charge in [-0.3, -0.25) is 9.59 Å². The van der Waals surface area contributed by atoms with Crippen LogP contribution >= 0.6 is 23.1 Å². The SMILES string of the molecule is CCOc1ccc2nc(S[C@H]3CC(=O)N(c4ccc(C)cc4)C3=O)sc2c1. The number of hydrogen-bond donors (Lipinski definition) is 0. The zero-order valence-electron chi connectivity index (χ0n) is 15.0. The van der Waals surface area contributed by atoms with Crippen molar-refractivity contribution in [3.8, 4) is 5.75 Å². The summed E-state index contributed by atoms with van der Waals surface area (Å²) >= 11 is 2.88. The van der Waals surface area contributed by atoms with Crippen LogP contribution in [0.2, 0.25) is 0 Å². The Hall–Kier alpha value is -2.38. The molecule has 2 aromatic carbocycles. The summed E-state index contributed by atoms with van der Waals surface area (Å²) in [4.78, 5) is 31.1. The van der Waals surface area contributed by atoms with Crippen LogP contribution in [0.4, 0.5) is 5.69 Å². The maximum absolute atomic E-state index is 12.8. The second-order valence-corrected chi connectivity index (χ2v) is 8.74. The number of rotatable bonds is 5. The molecular formula is C20H18N2O3S2. The fraction of sp³-hybridized carbons (Fsp3) is 0.250. The number of anilines is 1. The number of thioether (sulfide) groups is 1. The van der Waals surface area contributed by atoms with Gasteiger partial charge < -0.3 is 4.74 Å². The summed E-state index contributed by atoms with van der Waals surface area (Å²) in [6, 6.07) is 13.2. The third kappa shape index (κ3) is 3.57. The highest BCUT2D eigenvalue weighted by Gasteiger charge is 2.40. The Bertz CT molecular complexity index is 1010. The lowest BCUT2D eigenvalue weighted by molar-refractivity contribution is -0.121. The summed E-state index contributed by atoms with van der Waals surface area (Å²) in [6.07, 6.45) is 0.192. The molecule has 138 valence electrons. The van der Waals surface area contributed by atoms with Gasteiger partial charge in [-0.15, -0.1) is 11.3 Å². The third-order valence-electron chi connectivity index (χ3n) is 4.29. The van der Waals surface area contributed by atoms with Crippen LogP contribution in [0.25, 0.3) is 10.2 Å². The van der Waals surface area contributed by atoms with Crippen molar-refractivity contribution >= 4 is 50.8 Å². The smallest absolute Gasteiger partial charge is 0.247 e. The summed E-state index contributed by atoms with van der Waals surface area (Å²) in [5.41, 5.74) is 2.59. The molecule has 0 spiro atoms. The van der Waals surface area contributed by atoms with E-state index in [0.717, 1.165) is 25.9 Å². The number of fused-ring (bicyclic) bond motifs is 1. The molecule has 4 rings (SSSR count). The molecule has 2 heterocycles. The van der Waals surface area contributed by atoms with E-state index in [1.165, 1.54) is 28.0 Å². The highest BCUT2D eigenvalue weighted by molar-refractivity contribution is 8.02. The van der Waals surface area contributed by atoms with Crippen molar-refractivity contribution in [2.45, 2.75) is 29.9 Å². The maximum Gasteiger partial charge on any atom is 0.247 e. The summed E-state index contributed by atoms with van der Waals surface area (Å²) in [6.45, 7) is 4.53. The van der Waals surface area contributed by atoms with Crippen molar-refractivity contribution < 1.29 is 14.3 Å². The minimum absolute atomic E-state index is 0.166. The van der Waals surface area contributed by atoms with Crippen molar-refractivity contribution in [2.75, 3.05) is 11.5 Å². The van der Waals surface area contributed by atoms with Gasteiger partial charge in [0.2, 0.25) is 11.8 Å². The van der Waals surface area contributed by atoms with Gasteiger partial charge in [-0.25, -0.2) is 9.88 Å². The zero-order valence-corrected chi connectivity index (χ0v) is 16.6. The summed E-state index contributed by atoms with van der Waals surface area (Å²) < 4.78 is 7.32. The largest absolute Gasteiger partial charge is 0.494 e. The van der Waals surface area contributed by atoms with Crippen LogP contribution in [-0.4, -0.2) is 28.7 Å². The van der Waals surface area contributed by atoms with E-state index in [-0.39, 0.29) is 18.2 Å². The summed E-state index contributed by atoms with van der Waals surface area (Å²) in [5, 5.41) is -0.439. The Kier molecular flexibility index (Phi) is 4.88. The van der Waals surface area contributed by atoms with E-state index in [1.54, 1.807) is 0 Å². The van der Waals surface area contributed by atoms with Crippen molar-refractivity contribution in [1.82, 2.24) is 4.98 Å². The highest BCUT2D eigenvalue weighted by atomic mass is 32.2. The van der Waals surface area contributed by atoms with E-state index in [0.29, 0.717) is 12.3 Å². The maximum atomic E-state index is 12.8. The van der Waals surface area contributed by atoms with Crippen molar-refractivity contribution in [2.24, 2.45) is 0 Å². The molecular weight excluding hydrogens is 380 g/mol. The van der Waals surface area contributed by atoms with Crippen LogP contribution in [0.3, 0.4) is 0 Å². The number of carbonyl (C=O) groups excluding carboxylic acids is 2. The predicted octanol–water partition coefficient (Wildman–Crippen LogP) is 4.43. The first kappa shape index (κ1) is 18.0. The molecule has 1 aromatic heterocycles. The molecule has 1 saturated heterocycles. The second kappa shape index (κ2) is 7.32. The summed E-state index contributed by atoms with van der Waals surface area (Å²) in [7, 11) is 0. The average molecular weight is 399 g/mol. The number of ether oxygens (including phenoxy) is 1. The number of imide groups is 1. The first-order valence-corrected chi connectivity index (χ1v) is 10.4. The summed E-state index contributed by atoms with van der Waals surface area (Å²) in [5.74, 6) is 0.465. The molecule has 27 heavy (non-hydrogen) atoms. The number of nitrogens with zero attached hydrogens (tertiary/aromatic N) is 2. The van der Waals surface area contributed by atoms with Crippen LogP contribution in [-0.2, 0) is 9.59 Å². The molecule has 5 nitrogen and oxygen atoms in total. The zero-order chi connectivity index (χ0) is 19.0. The van der Waals surface area contributed by atoms with E-state index >= 15 is 0 Å². The number of aromatic nitrogens is 1. The Morgan fingerprint density at radius 3 is 2.74 bits per heavy atom. The van der Waals surface area contributed by atoms with Crippen molar-refractivity contribution in [3.05, 3.63) is 48.0 Å². The third-order valence-corrected chi connectivity index (χ3v) is 6.59. The number of amides is 2. The molecule has 3 aromatic rings. The minimum atomic E-state index is -0.439. The number of hydrogen-bond acceptors (Lipinski definition) is 6. The van der Waals surface area contributed by atoms with Gasteiger partial charge in [0.1, 0.15) is 11.0 Å². The van der Waals surface area contributed by atoms with Gasteiger partial charge in [0.15, 0.2) is 4.34 Å². The van der Waals surface area contributed by atoms with Gasteiger partial charge in [0, 0.05) is 6.42 Å². The fourth-order valence-electron chi connectivity index (χ4n) is 2.97. The second-order valence-electron chi connectivity index (χ2n) is 6.26. The van der Waals surface area contributed by atoms with Crippen molar-refractivity contribution in [1.29, 1.82) is 0 Å². The monoisotopic (exact) mass is 398 g/mol. The lowest BCUT2D eigenvalue weighted by Gasteiger charge is -2.14. The molecule has 7 heteroatoms. The molecule has 0 radical (unpaired) electrons. The molecule has 1 aliphatic heterocycles. The molecule has 0 aliphatic carbocycles. The Balaban J connectivity index is 1.54. The molecule has 1 atom stereocenters. The Morgan fingerprint density at radius 2 is 2.00 bits per heavy atom. The van der Waals surface area contributed by atoms with Gasteiger partial charge in [-0.05, 0) is 44.2 Å². The molecule has 1 fully saturated rings. The molecule has 0 saturated carbocycles. The normalized spacial score (nSPS) is 17.1. The van der Waals surface area contributed by atoms with Gasteiger partial charge in [-0.2, -0.15) is 0 Å². The number of benzene rings is 2. The van der Waals surface area contributed by atoms with Gasteiger partial charge in [0.25, 0.3) is 0 Å². The topological polar surface area (TPSA) is 59.5 Å². The van der Waals surface area contributed by atoms with E-state index in [2.05, 4.69) is 4.98 Å². The van der Waals surface area contributed by atoms with Crippen LogP contribution in [0.15, 0.2) is 46.8 Å². The van der Waals surface area contributed by atoms with E-state index in [1.807, 2.05) is 56.3 Å². The Labute approximate surface area is 165 Å². The lowest BCUT2D eigenvalue weighted by Crippen LogP contribution is -2.31. The standard InChI is InChI=1S/C20H18N2O3S2/c1-3-25-14-8-9-15-16(10-14)26-20(21-15)27-17-11-18(23)22(19(17)24)13-6-4-12(2)5-7-13/h4-10,17H,3,11H2,1-2H3/t17-/m0/s1. The number of carbonyl (C=O) groups is 2. The highest BCUT2D eigenvalue weighted by Crippen LogP contribution is 2.38. The first-order valence-electron chi connectivity index (χ1n) is 8.68. The Morgan fingerprint density at radius 1 is 1.22 bits per heavy atom. The van der Waals surface area contributed by atoms with Gasteiger partial charge in [-0.1, -0.05) is 29.5 Å². The minimum Gasteiger partial charge on any atom is -0.494 e. The van der Waals surface area contributed by atoms with E-state index in [9.17, 15) is 9.59 Å². The first-order chi connectivity index (χ1) is 13.0.